The maximum Gasteiger partial charge on any atom is 0.246 e. The van der Waals surface area contributed by atoms with Gasteiger partial charge in [0.15, 0.2) is 0 Å². The predicted octanol–water partition coefficient (Wildman–Crippen LogP) is 7.85. The van der Waals surface area contributed by atoms with E-state index < -0.39 is 0 Å². The molecule has 3 aliphatic carbocycles. The Bertz CT molecular complexity index is 1050. The highest BCUT2D eigenvalue weighted by Crippen LogP contribution is 2.51. The van der Waals surface area contributed by atoms with Gasteiger partial charge in [-0.05, 0) is 98.1 Å². The molecule has 4 nitrogen and oxygen atoms in total. The van der Waals surface area contributed by atoms with Crippen LogP contribution in [0.15, 0.2) is 24.3 Å². The van der Waals surface area contributed by atoms with Crippen LogP contribution in [0.1, 0.15) is 126 Å². The zero-order chi connectivity index (χ0) is 28.1. The van der Waals surface area contributed by atoms with Gasteiger partial charge >= 0.3 is 0 Å². The number of fused-ring (bicyclic) bond motifs is 1. The normalized spacial score (nSPS) is 31.0. The van der Waals surface area contributed by atoms with E-state index in [0.717, 1.165) is 13.1 Å². The van der Waals surface area contributed by atoms with Crippen molar-refractivity contribution in [3.63, 3.8) is 0 Å². The molecule has 5 heteroatoms. The summed E-state index contributed by atoms with van der Waals surface area (Å²) in [6.07, 6.45) is 27.9. The molecule has 5 aliphatic rings. The van der Waals surface area contributed by atoms with Gasteiger partial charge < -0.3 is 4.90 Å². The van der Waals surface area contributed by atoms with Crippen LogP contribution in [0, 0.1) is 11.3 Å². The Morgan fingerprint density at radius 1 is 0.927 bits per heavy atom. The molecular formula is C36H55N3OS. The maximum absolute atomic E-state index is 14.4. The Balaban J connectivity index is 1.27. The third-order valence-corrected chi connectivity index (χ3v) is 13.3. The van der Waals surface area contributed by atoms with Crippen molar-refractivity contribution in [3.8, 4) is 0 Å². The number of amides is 1. The van der Waals surface area contributed by atoms with Gasteiger partial charge in [0.25, 0.3) is 0 Å². The van der Waals surface area contributed by atoms with Crippen LogP contribution in [-0.4, -0.2) is 46.5 Å². The number of rotatable bonds is 6. The molecule has 6 rings (SSSR count). The third-order valence-electron chi connectivity index (χ3n) is 11.8. The minimum absolute atomic E-state index is 0.0915. The van der Waals surface area contributed by atoms with Crippen LogP contribution in [0.5, 0.6) is 0 Å². The van der Waals surface area contributed by atoms with Crippen molar-refractivity contribution >= 4 is 23.7 Å². The van der Waals surface area contributed by atoms with Gasteiger partial charge in [0, 0.05) is 24.4 Å². The van der Waals surface area contributed by atoms with Crippen LogP contribution in [0.3, 0.4) is 0 Å². The molecule has 1 spiro atoms. The van der Waals surface area contributed by atoms with E-state index in [2.05, 4.69) is 58.7 Å². The molecule has 0 bridgehead atoms. The summed E-state index contributed by atoms with van der Waals surface area (Å²) in [5, 5.41) is 0.556. The van der Waals surface area contributed by atoms with Gasteiger partial charge in [0.2, 0.25) is 5.91 Å². The minimum atomic E-state index is -0.0915. The van der Waals surface area contributed by atoms with Crippen molar-refractivity contribution in [3.05, 3.63) is 41.0 Å². The summed E-state index contributed by atoms with van der Waals surface area (Å²) in [6, 6.07) is 7.00. The first-order chi connectivity index (χ1) is 20.1. The van der Waals surface area contributed by atoms with Gasteiger partial charge in [0.1, 0.15) is 0 Å². The summed E-state index contributed by atoms with van der Waals surface area (Å²) in [6.45, 7) is 4.17. The predicted molar refractivity (Wildman–Crippen MR) is 174 cm³/mol. The second-order valence-electron chi connectivity index (χ2n) is 14.3. The van der Waals surface area contributed by atoms with E-state index in [1.165, 1.54) is 138 Å². The van der Waals surface area contributed by atoms with Crippen molar-refractivity contribution in [2.75, 3.05) is 18.8 Å². The molecule has 1 aromatic rings. The molecule has 0 radical (unpaired) electrons. The number of thioether (sulfide) groups is 1. The number of hydrogen-bond donors (Lipinski definition) is 2. The maximum atomic E-state index is 14.4. The molecule has 1 aromatic carbocycles. The Kier molecular flexibility index (Phi) is 9.84. The van der Waals surface area contributed by atoms with E-state index in [0.29, 0.717) is 16.6 Å². The first-order valence-electron chi connectivity index (χ1n) is 17.3. The van der Waals surface area contributed by atoms with Crippen molar-refractivity contribution in [2.45, 2.75) is 139 Å². The van der Waals surface area contributed by atoms with Crippen LogP contribution in [0.2, 0.25) is 0 Å². The quantitative estimate of drug-likeness (QED) is 0.338. The molecule has 3 unspecified atom stereocenters. The van der Waals surface area contributed by atoms with Crippen LogP contribution < -0.4 is 10.9 Å². The average molecular weight is 578 g/mol. The number of hydrazine groups is 1. The molecule has 2 saturated heterocycles. The largest absolute Gasteiger partial charge is 0.332 e. The van der Waals surface area contributed by atoms with Crippen LogP contribution >= 0.6 is 11.8 Å². The van der Waals surface area contributed by atoms with Gasteiger partial charge in [-0.1, -0.05) is 82.4 Å². The van der Waals surface area contributed by atoms with Gasteiger partial charge in [-0.2, -0.15) is 11.8 Å². The van der Waals surface area contributed by atoms with Crippen LogP contribution in [-0.2, 0) is 17.6 Å². The Morgan fingerprint density at radius 3 is 2.41 bits per heavy atom. The van der Waals surface area contributed by atoms with Gasteiger partial charge in [-0.3, -0.25) is 10.2 Å². The fraction of sp³-hybridized carbons (Fsp3) is 0.750. The van der Waals surface area contributed by atoms with Crippen molar-refractivity contribution < 1.29 is 4.79 Å². The standard InChI is InChI=1S/C36H55N3OS/c1-35(31-15-8-4-2-5-9-16-31)32(26-37-38-35)39(27-33-36(23-24-41-33)21-10-6-3-7-11-22-36)34(40)20-18-28-17-19-29-13-12-14-30(29)25-28/h17-20,25,31-33,37-38H,2-16,21-24,26-27H2,1H3/b20-18+. The van der Waals surface area contributed by atoms with E-state index in [-0.39, 0.29) is 17.5 Å². The molecule has 0 aromatic heterocycles. The lowest BCUT2D eigenvalue weighted by Gasteiger charge is -2.46. The summed E-state index contributed by atoms with van der Waals surface area (Å²) in [5.41, 5.74) is 11.8. The van der Waals surface area contributed by atoms with Crippen LogP contribution in [0.25, 0.3) is 6.08 Å². The monoisotopic (exact) mass is 577 g/mol. The summed E-state index contributed by atoms with van der Waals surface area (Å²) >= 11 is 2.18. The number of hydrogen-bond acceptors (Lipinski definition) is 4. The number of carbonyl (C=O) groups is 1. The van der Waals surface area contributed by atoms with E-state index in [1.54, 1.807) is 0 Å². The first-order valence-corrected chi connectivity index (χ1v) is 18.3. The smallest absolute Gasteiger partial charge is 0.246 e. The summed E-state index contributed by atoms with van der Waals surface area (Å²) in [7, 11) is 0. The molecule has 226 valence electrons. The molecule has 2 heterocycles. The summed E-state index contributed by atoms with van der Waals surface area (Å²) in [5.74, 6) is 2.08. The van der Waals surface area contributed by atoms with Gasteiger partial charge in [-0.15, -0.1) is 0 Å². The van der Waals surface area contributed by atoms with Gasteiger partial charge in [0.05, 0.1) is 11.6 Å². The Hall–Kier alpha value is -1.30. The molecule has 2 aliphatic heterocycles. The molecular weight excluding hydrogens is 522 g/mol. The Labute approximate surface area is 254 Å². The van der Waals surface area contributed by atoms with E-state index in [1.807, 2.05) is 6.08 Å². The number of nitrogens with zero attached hydrogens (tertiary/aromatic N) is 1. The number of carbonyl (C=O) groups excluding carboxylic acids is 1. The zero-order valence-corrected chi connectivity index (χ0v) is 26.5. The van der Waals surface area contributed by atoms with Crippen molar-refractivity contribution in [1.29, 1.82) is 0 Å². The minimum Gasteiger partial charge on any atom is -0.332 e. The zero-order valence-electron chi connectivity index (χ0n) is 25.7. The SMILES string of the molecule is CC1(C2CCCCCCC2)NNCC1N(CC1SCCC12CCCCCCC2)C(=O)/C=C/c1ccc2c(c1)CCC2. The highest BCUT2D eigenvalue weighted by Gasteiger charge is 2.51. The number of nitrogens with one attached hydrogen (secondary N) is 2. The average Bonchev–Trinajstić information content (AvgIpc) is 3.67. The van der Waals surface area contributed by atoms with E-state index in [4.69, 9.17) is 0 Å². The molecule has 4 fully saturated rings. The second kappa shape index (κ2) is 13.6. The fourth-order valence-electron chi connectivity index (χ4n) is 9.18. The highest BCUT2D eigenvalue weighted by atomic mass is 32.2. The molecule has 2 saturated carbocycles. The van der Waals surface area contributed by atoms with Crippen LogP contribution in [0.4, 0.5) is 0 Å². The number of aryl methyl sites for hydroxylation is 2. The van der Waals surface area contributed by atoms with E-state index >= 15 is 0 Å². The lowest BCUT2D eigenvalue weighted by atomic mass is 9.71. The lowest BCUT2D eigenvalue weighted by molar-refractivity contribution is -0.130. The molecule has 3 atom stereocenters. The van der Waals surface area contributed by atoms with Crippen molar-refractivity contribution in [1.82, 2.24) is 15.8 Å². The molecule has 2 N–H and O–H groups in total. The van der Waals surface area contributed by atoms with E-state index in [9.17, 15) is 4.79 Å². The number of benzene rings is 1. The highest BCUT2D eigenvalue weighted by molar-refractivity contribution is 8.00. The molecule has 1 amide bonds. The Morgan fingerprint density at radius 2 is 1.63 bits per heavy atom. The topological polar surface area (TPSA) is 44.4 Å². The first kappa shape index (κ1) is 29.8. The van der Waals surface area contributed by atoms with Crippen molar-refractivity contribution in [2.24, 2.45) is 11.3 Å². The van der Waals surface area contributed by atoms with Gasteiger partial charge in [-0.25, -0.2) is 5.43 Å². The summed E-state index contributed by atoms with van der Waals surface area (Å²) < 4.78 is 0. The summed E-state index contributed by atoms with van der Waals surface area (Å²) in [4.78, 5) is 16.7. The lowest BCUT2D eigenvalue weighted by Crippen LogP contribution is -2.61. The fourth-order valence-corrected chi connectivity index (χ4v) is 11.0. The second-order valence-corrected chi connectivity index (χ2v) is 15.6. The molecule has 41 heavy (non-hydrogen) atoms. The third kappa shape index (κ3) is 6.63.